The molecule has 5 atom stereocenters. The number of azide groups is 2. The van der Waals surface area contributed by atoms with E-state index in [1.54, 1.807) is 0 Å². The van der Waals surface area contributed by atoms with Crippen LogP contribution in [0.25, 0.3) is 20.9 Å². The van der Waals surface area contributed by atoms with E-state index in [1.165, 1.54) is 13.8 Å². The normalized spacial score (nSPS) is 25.8. The van der Waals surface area contributed by atoms with Gasteiger partial charge in [0.15, 0.2) is 6.29 Å². The summed E-state index contributed by atoms with van der Waals surface area (Å²) in [6, 6.07) is 6.71. The molecule has 12 heteroatoms. The van der Waals surface area contributed by atoms with Crippen LogP contribution in [0.15, 0.2) is 40.6 Å². The first-order valence-electron chi connectivity index (χ1n) is 8.86. The van der Waals surface area contributed by atoms with Gasteiger partial charge in [0.1, 0.15) is 6.04 Å². The minimum Gasteiger partial charge on any atom is -0.351 e. The summed E-state index contributed by atoms with van der Waals surface area (Å²) in [7, 11) is 0. The van der Waals surface area contributed by atoms with E-state index in [2.05, 4.69) is 30.7 Å². The van der Waals surface area contributed by atoms with Crippen LogP contribution in [0.5, 0.6) is 0 Å². The average molecular weight is 402 g/mol. The first kappa shape index (κ1) is 22.0. The third kappa shape index (κ3) is 6.37. The van der Waals surface area contributed by atoms with Crippen LogP contribution < -0.4 is 10.6 Å². The maximum atomic E-state index is 11.8. The number of nitrogens with zero attached hydrogens (tertiary/aromatic N) is 6. The summed E-state index contributed by atoms with van der Waals surface area (Å²) < 4.78 is 11.8. The van der Waals surface area contributed by atoms with Gasteiger partial charge in [-0.3, -0.25) is 9.59 Å². The zero-order chi connectivity index (χ0) is 21.2. The molecule has 29 heavy (non-hydrogen) atoms. The highest BCUT2D eigenvalue weighted by Crippen LogP contribution is 2.26. The maximum absolute atomic E-state index is 11.8. The highest BCUT2D eigenvalue weighted by molar-refractivity contribution is 5.75. The Labute approximate surface area is 166 Å². The Balaban J connectivity index is 2.35. The SMILES string of the molecule is CC(=O)N[C@@H]1[C@H](OCc2ccccc2)O[C@H](CN=[N+]=[N-])[C@H](N=[N+]=[N-])[C@@H]1NC(C)=O. The predicted octanol–water partition coefficient (Wildman–Crippen LogP) is 1.93. The lowest BCUT2D eigenvalue weighted by Gasteiger charge is -2.45. The van der Waals surface area contributed by atoms with Crippen LogP contribution in [0.1, 0.15) is 19.4 Å². The van der Waals surface area contributed by atoms with Crippen molar-refractivity contribution >= 4 is 11.8 Å². The molecule has 1 fully saturated rings. The zero-order valence-electron chi connectivity index (χ0n) is 16.0. The molecule has 1 heterocycles. The second-order valence-corrected chi connectivity index (χ2v) is 6.40. The quantitative estimate of drug-likeness (QED) is 0.384. The lowest BCUT2D eigenvalue weighted by atomic mass is 9.91. The molecule has 0 radical (unpaired) electrons. The summed E-state index contributed by atoms with van der Waals surface area (Å²) in [5.74, 6) is -0.773. The van der Waals surface area contributed by atoms with E-state index in [0.29, 0.717) is 0 Å². The average Bonchev–Trinajstić information content (AvgIpc) is 2.69. The summed E-state index contributed by atoms with van der Waals surface area (Å²) in [6.07, 6.45) is -1.84. The Kier molecular flexibility index (Phi) is 8.26. The van der Waals surface area contributed by atoms with Crippen LogP contribution in [-0.4, -0.2) is 48.9 Å². The molecule has 1 aromatic rings. The molecule has 1 aliphatic rings. The summed E-state index contributed by atoms with van der Waals surface area (Å²) >= 11 is 0. The number of hydrogen-bond donors (Lipinski definition) is 2. The lowest BCUT2D eigenvalue weighted by molar-refractivity contribution is -0.222. The molecule has 0 bridgehead atoms. The number of carbonyl (C=O) groups excluding carboxylic acids is 2. The van der Waals surface area contributed by atoms with Crippen LogP contribution in [0.4, 0.5) is 0 Å². The Morgan fingerprint density at radius 1 is 1.10 bits per heavy atom. The number of ether oxygens (including phenoxy) is 2. The van der Waals surface area contributed by atoms with Gasteiger partial charge in [-0.1, -0.05) is 40.6 Å². The number of hydrogen-bond acceptors (Lipinski definition) is 6. The van der Waals surface area contributed by atoms with E-state index in [4.69, 9.17) is 20.5 Å². The fourth-order valence-electron chi connectivity index (χ4n) is 3.12. The summed E-state index contributed by atoms with van der Waals surface area (Å²) in [6.45, 7) is 2.65. The maximum Gasteiger partial charge on any atom is 0.217 e. The van der Waals surface area contributed by atoms with Gasteiger partial charge in [0, 0.05) is 23.7 Å². The molecule has 12 nitrogen and oxygen atoms in total. The van der Waals surface area contributed by atoms with Crippen LogP contribution in [0.2, 0.25) is 0 Å². The molecule has 1 saturated heterocycles. The van der Waals surface area contributed by atoms with Gasteiger partial charge in [0.2, 0.25) is 11.8 Å². The van der Waals surface area contributed by atoms with E-state index in [9.17, 15) is 9.59 Å². The molecule has 0 aliphatic carbocycles. The van der Waals surface area contributed by atoms with Crippen molar-refractivity contribution in [3.63, 3.8) is 0 Å². The number of rotatable bonds is 8. The van der Waals surface area contributed by atoms with Crippen molar-refractivity contribution in [3.8, 4) is 0 Å². The van der Waals surface area contributed by atoms with Crippen molar-refractivity contribution in [1.29, 1.82) is 0 Å². The van der Waals surface area contributed by atoms with Crippen molar-refractivity contribution < 1.29 is 19.1 Å². The Hall–Kier alpha value is -3.30. The summed E-state index contributed by atoms with van der Waals surface area (Å²) in [4.78, 5) is 29.1. The van der Waals surface area contributed by atoms with Gasteiger partial charge >= 0.3 is 0 Å². The van der Waals surface area contributed by atoms with Gasteiger partial charge in [-0.15, -0.1) is 0 Å². The molecule has 2 rings (SSSR count). The Morgan fingerprint density at radius 3 is 2.34 bits per heavy atom. The predicted molar refractivity (Wildman–Crippen MR) is 102 cm³/mol. The largest absolute Gasteiger partial charge is 0.351 e. The van der Waals surface area contributed by atoms with E-state index in [0.717, 1.165) is 5.56 Å². The molecule has 2 amide bonds. The van der Waals surface area contributed by atoms with E-state index in [1.807, 2.05) is 30.3 Å². The van der Waals surface area contributed by atoms with Crippen molar-refractivity contribution in [2.45, 2.75) is 51.0 Å². The molecule has 2 N–H and O–H groups in total. The Bertz CT molecular complexity index is 807. The molecule has 0 saturated carbocycles. The minimum absolute atomic E-state index is 0.145. The monoisotopic (exact) mass is 402 g/mol. The van der Waals surface area contributed by atoms with Gasteiger partial charge in [-0.25, -0.2) is 0 Å². The number of amides is 2. The number of benzene rings is 1. The van der Waals surface area contributed by atoms with Crippen molar-refractivity contribution in [2.75, 3.05) is 6.54 Å². The van der Waals surface area contributed by atoms with Gasteiger partial charge < -0.3 is 20.1 Å². The Morgan fingerprint density at radius 2 is 1.76 bits per heavy atom. The zero-order valence-corrected chi connectivity index (χ0v) is 16.0. The smallest absolute Gasteiger partial charge is 0.217 e. The third-order valence-electron chi connectivity index (χ3n) is 4.24. The highest BCUT2D eigenvalue weighted by Gasteiger charge is 2.46. The van der Waals surface area contributed by atoms with E-state index >= 15 is 0 Å². The lowest BCUT2D eigenvalue weighted by Crippen LogP contribution is -2.68. The molecular formula is C17H22N8O4. The molecule has 0 spiro atoms. The third-order valence-corrected chi connectivity index (χ3v) is 4.24. The number of nitrogens with one attached hydrogen (secondary N) is 2. The molecule has 1 aliphatic heterocycles. The second kappa shape index (κ2) is 10.9. The number of carbonyl (C=O) groups is 2. The van der Waals surface area contributed by atoms with Gasteiger partial charge in [-0.05, 0) is 16.6 Å². The van der Waals surface area contributed by atoms with E-state index in [-0.39, 0.29) is 19.1 Å². The summed E-state index contributed by atoms with van der Waals surface area (Å²) in [5, 5.41) is 12.6. The topological polar surface area (TPSA) is 174 Å². The van der Waals surface area contributed by atoms with Crippen LogP contribution in [-0.2, 0) is 25.7 Å². The summed E-state index contributed by atoms with van der Waals surface area (Å²) in [5.41, 5.74) is 18.5. The van der Waals surface area contributed by atoms with Gasteiger partial charge in [0.05, 0.1) is 31.3 Å². The molecule has 0 aromatic heterocycles. The van der Waals surface area contributed by atoms with Crippen LogP contribution in [0.3, 0.4) is 0 Å². The molecule has 154 valence electrons. The van der Waals surface area contributed by atoms with Crippen molar-refractivity contribution in [1.82, 2.24) is 10.6 Å². The van der Waals surface area contributed by atoms with Crippen LogP contribution in [0, 0.1) is 0 Å². The molecule has 0 unspecified atom stereocenters. The van der Waals surface area contributed by atoms with Gasteiger partial charge in [0.25, 0.3) is 0 Å². The molecular weight excluding hydrogens is 380 g/mol. The highest BCUT2D eigenvalue weighted by atomic mass is 16.7. The van der Waals surface area contributed by atoms with Gasteiger partial charge in [-0.2, -0.15) is 0 Å². The fraction of sp³-hybridized carbons (Fsp3) is 0.529. The van der Waals surface area contributed by atoms with Crippen molar-refractivity contribution in [3.05, 3.63) is 56.8 Å². The second-order valence-electron chi connectivity index (χ2n) is 6.40. The van der Waals surface area contributed by atoms with E-state index < -0.39 is 36.4 Å². The van der Waals surface area contributed by atoms with Crippen LogP contribution >= 0.6 is 0 Å². The standard InChI is InChI=1S/C17H22N8O4/c1-10(26)21-15-14(23-25-19)13(8-20-24-18)29-17(16(15)22-11(2)27)28-9-12-6-4-3-5-7-12/h3-7,13-17H,8-9H2,1-2H3,(H,21,26)(H,22,27)/t13-,14+,15+,16+,17-/m1/s1. The molecule has 1 aromatic carbocycles. The first-order chi connectivity index (χ1) is 14.0. The first-order valence-corrected chi connectivity index (χ1v) is 8.86. The fourth-order valence-corrected chi connectivity index (χ4v) is 3.12. The van der Waals surface area contributed by atoms with Crippen molar-refractivity contribution in [2.24, 2.45) is 10.2 Å². The minimum atomic E-state index is -0.986.